The Hall–Kier alpha value is -2.15. The highest BCUT2D eigenvalue weighted by Gasteiger charge is 2.26. The maximum absolute atomic E-state index is 11.0. The maximum atomic E-state index is 11.0. The Labute approximate surface area is 128 Å². The predicted octanol–water partition coefficient (Wildman–Crippen LogP) is 2.80. The summed E-state index contributed by atoms with van der Waals surface area (Å²) in [5.41, 5.74) is 1.58. The molecular weight excluding hydrogens is 288 g/mol. The number of benzene rings is 1. The van der Waals surface area contributed by atoms with Crippen LogP contribution in [0.1, 0.15) is 31.2 Å². The van der Waals surface area contributed by atoms with E-state index in [4.69, 9.17) is 9.84 Å². The smallest absolute Gasteiger partial charge is 0.306 e. The summed E-state index contributed by atoms with van der Waals surface area (Å²) in [6, 6.07) is 4.85. The third kappa shape index (κ3) is 3.94. The molecule has 0 heterocycles. The van der Waals surface area contributed by atoms with Crippen molar-refractivity contribution in [3.05, 3.63) is 33.9 Å². The van der Waals surface area contributed by atoms with Gasteiger partial charge in [-0.3, -0.25) is 14.9 Å². The highest BCUT2D eigenvalue weighted by Crippen LogP contribution is 2.29. The van der Waals surface area contributed by atoms with Gasteiger partial charge >= 0.3 is 5.97 Å². The zero-order valence-corrected chi connectivity index (χ0v) is 12.4. The summed E-state index contributed by atoms with van der Waals surface area (Å²) in [6.07, 6.45) is 2.86. The fourth-order valence-electron chi connectivity index (χ4n) is 2.81. The van der Waals surface area contributed by atoms with Gasteiger partial charge in [0.25, 0.3) is 5.69 Å². The van der Waals surface area contributed by atoms with Crippen LogP contribution < -0.4 is 5.32 Å². The number of carboxylic acids is 1. The predicted molar refractivity (Wildman–Crippen MR) is 80.8 cm³/mol. The number of hydrogen-bond acceptors (Lipinski definition) is 5. The number of anilines is 1. The van der Waals surface area contributed by atoms with Crippen LogP contribution in [0.5, 0.6) is 0 Å². The molecule has 1 saturated carbocycles. The lowest BCUT2D eigenvalue weighted by molar-refractivity contribution is -0.384. The fourth-order valence-corrected chi connectivity index (χ4v) is 2.81. The average molecular weight is 308 g/mol. The van der Waals surface area contributed by atoms with Crippen LogP contribution in [0.4, 0.5) is 11.4 Å². The molecule has 0 radical (unpaired) electrons. The molecule has 0 unspecified atom stereocenters. The van der Waals surface area contributed by atoms with E-state index in [1.54, 1.807) is 13.2 Å². The van der Waals surface area contributed by atoms with E-state index >= 15 is 0 Å². The minimum absolute atomic E-state index is 0.0344. The maximum Gasteiger partial charge on any atom is 0.306 e. The van der Waals surface area contributed by atoms with E-state index in [9.17, 15) is 14.9 Å². The molecule has 0 amide bonds. The number of methoxy groups -OCH3 is 1. The zero-order valence-electron chi connectivity index (χ0n) is 12.4. The van der Waals surface area contributed by atoms with Crippen molar-refractivity contribution in [3.8, 4) is 0 Å². The van der Waals surface area contributed by atoms with Gasteiger partial charge in [0.1, 0.15) is 0 Å². The second kappa shape index (κ2) is 7.22. The molecule has 1 aromatic carbocycles. The molecule has 1 aliphatic carbocycles. The second-order valence-electron chi connectivity index (χ2n) is 5.56. The van der Waals surface area contributed by atoms with Crippen LogP contribution in [0.3, 0.4) is 0 Å². The van der Waals surface area contributed by atoms with Crippen LogP contribution in [0, 0.1) is 16.0 Å². The molecule has 0 bridgehead atoms. The minimum atomic E-state index is -0.728. The third-order valence-electron chi connectivity index (χ3n) is 4.04. The van der Waals surface area contributed by atoms with Gasteiger partial charge in [-0.15, -0.1) is 0 Å². The first kappa shape index (κ1) is 16.2. The summed E-state index contributed by atoms with van der Waals surface area (Å²) in [4.78, 5) is 21.4. The summed E-state index contributed by atoms with van der Waals surface area (Å²) in [5, 5.41) is 23.2. The molecule has 120 valence electrons. The average Bonchev–Trinajstić information content (AvgIpc) is 2.49. The molecule has 7 nitrogen and oxygen atoms in total. The molecular formula is C15H20N2O5. The Morgan fingerprint density at radius 2 is 2.09 bits per heavy atom. The van der Waals surface area contributed by atoms with Crippen molar-refractivity contribution in [1.82, 2.24) is 0 Å². The van der Waals surface area contributed by atoms with Crippen molar-refractivity contribution in [2.45, 2.75) is 38.3 Å². The highest BCUT2D eigenvalue weighted by atomic mass is 16.6. The Morgan fingerprint density at radius 1 is 1.41 bits per heavy atom. The van der Waals surface area contributed by atoms with E-state index < -0.39 is 10.9 Å². The van der Waals surface area contributed by atoms with E-state index in [-0.39, 0.29) is 24.3 Å². The van der Waals surface area contributed by atoms with Crippen LogP contribution >= 0.6 is 0 Å². The van der Waals surface area contributed by atoms with Crippen molar-refractivity contribution in [2.75, 3.05) is 12.4 Å². The second-order valence-corrected chi connectivity index (χ2v) is 5.56. The van der Waals surface area contributed by atoms with Gasteiger partial charge in [0, 0.05) is 36.5 Å². The summed E-state index contributed by atoms with van der Waals surface area (Å²) in [7, 11) is 1.54. The van der Waals surface area contributed by atoms with Crippen molar-refractivity contribution in [3.63, 3.8) is 0 Å². The van der Waals surface area contributed by atoms with Crippen molar-refractivity contribution in [2.24, 2.45) is 5.92 Å². The first-order chi connectivity index (χ1) is 10.5. The standard InChI is InChI=1S/C15H20N2O5/c1-22-9-11-8-13(17(20)21)6-7-14(11)16-12-4-2-10(3-5-12)15(18)19/h6-8,10,12,16H,2-5,9H2,1H3,(H,18,19). The van der Waals surface area contributed by atoms with Gasteiger partial charge in [0.15, 0.2) is 0 Å². The van der Waals surface area contributed by atoms with Gasteiger partial charge in [-0.1, -0.05) is 0 Å². The van der Waals surface area contributed by atoms with Gasteiger partial charge in [0.2, 0.25) is 0 Å². The number of nitrogens with one attached hydrogen (secondary N) is 1. The van der Waals surface area contributed by atoms with Crippen molar-refractivity contribution in [1.29, 1.82) is 0 Å². The molecule has 2 rings (SSSR count). The summed E-state index contributed by atoms with van der Waals surface area (Å²) < 4.78 is 5.10. The quantitative estimate of drug-likeness (QED) is 0.619. The van der Waals surface area contributed by atoms with Crippen LogP contribution in [0.25, 0.3) is 0 Å². The number of hydrogen-bond donors (Lipinski definition) is 2. The van der Waals surface area contributed by atoms with Crippen LogP contribution in [0.2, 0.25) is 0 Å². The Bertz CT molecular complexity index is 553. The van der Waals surface area contributed by atoms with E-state index in [0.717, 1.165) is 24.1 Å². The van der Waals surface area contributed by atoms with E-state index in [1.807, 2.05) is 0 Å². The molecule has 0 atom stereocenters. The van der Waals surface area contributed by atoms with Gasteiger partial charge in [-0.25, -0.2) is 0 Å². The van der Waals surface area contributed by atoms with E-state index in [1.165, 1.54) is 12.1 Å². The van der Waals surface area contributed by atoms with Gasteiger partial charge in [0.05, 0.1) is 17.4 Å². The molecule has 0 saturated heterocycles. The number of ether oxygens (including phenoxy) is 1. The lowest BCUT2D eigenvalue weighted by Gasteiger charge is -2.28. The Kier molecular flexibility index (Phi) is 5.32. The van der Waals surface area contributed by atoms with E-state index in [0.29, 0.717) is 12.8 Å². The largest absolute Gasteiger partial charge is 0.481 e. The third-order valence-corrected chi connectivity index (χ3v) is 4.04. The number of nitro benzene ring substituents is 1. The van der Waals surface area contributed by atoms with Gasteiger partial charge in [-0.05, 0) is 31.7 Å². The minimum Gasteiger partial charge on any atom is -0.481 e. The molecule has 2 N–H and O–H groups in total. The Balaban J connectivity index is 2.06. The van der Waals surface area contributed by atoms with Gasteiger partial charge in [-0.2, -0.15) is 0 Å². The molecule has 7 heteroatoms. The normalized spacial score (nSPS) is 21.3. The molecule has 1 aromatic rings. The first-order valence-corrected chi connectivity index (χ1v) is 7.27. The first-order valence-electron chi connectivity index (χ1n) is 7.27. The van der Waals surface area contributed by atoms with Crippen LogP contribution in [-0.2, 0) is 16.1 Å². The molecule has 0 spiro atoms. The van der Waals surface area contributed by atoms with Crippen molar-refractivity contribution < 1.29 is 19.6 Å². The summed E-state index contributed by atoms with van der Waals surface area (Å²) in [5.74, 6) is -0.984. The van der Waals surface area contributed by atoms with Gasteiger partial charge < -0.3 is 15.2 Å². The number of non-ortho nitro benzene ring substituents is 1. The summed E-state index contributed by atoms with van der Waals surface area (Å²) >= 11 is 0. The lowest BCUT2D eigenvalue weighted by atomic mass is 9.86. The molecule has 22 heavy (non-hydrogen) atoms. The number of aliphatic carboxylic acids is 1. The fraction of sp³-hybridized carbons (Fsp3) is 0.533. The monoisotopic (exact) mass is 308 g/mol. The zero-order chi connectivity index (χ0) is 16.1. The topological polar surface area (TPSA) is 102 Å². The molecule has 0 aromatic heterocycles. The van der Waals surface area contributed by atoms with Crippen LogP contribution in [-0.4, -0.2) is 29.2 Å². The van der Waals surface area contributed by atoms with Crippen LogP contribution in [0.15, 0.2) is 18.2 Å². The Morgan fingerprint density at radius 3 is 2.64 bits per heavy atom. The lowest BCUT2D eigenvalue weighted by Crippen LogP contribution is -2.29. The molecule has 1 aliphatic rings. The number of carbonyl (C=O) groups is 1. The van der Waals surface area contributed by atoms with Crippen molar-refractivity contribution >= 4 is 17.3 Å². The molecule has 1 fully saturated rings. The van der Waals surface area contributed by atoms with E-state index in [2.05, 4.69) is 5.32 Å². The number of carboxylic acid groups (broad SMARTS) is 1. The number of nitro groups is 1. The molecule has 0 aliphatic heterocycles. The number of nitrogens with zero attached hydrogens (tertiary/aromatic N) is 1. The summed E-state index contributed by atoms with van der Waals surface area (Å²) in [6.45, 7) is 0.286. The highest BCUT2D eigenvalue weighted by molar-refractivity contribution is 5.70. The number of rotatable bonds is 6. The SMILES string of the molecule is COCc1cc([N+](=O)[O-])ccc1NC1CCC(C(=O)O)CC1.